The molecule has 0 saturated carbocycles. The minimum atomic E-state index is -0.0439. The first kappa shape index (κ1) is 19.7. The van der Waals surface area contributed by atoms with E-state index in [-0.39, 0.29) is 30.1 Å². The summed E-state index contributed by atoms with van der Waals surface area (Å²) in [4.78, 5) is 29.3. The van der Waals surface area contributed by atoms with Gasteiger partial charge in [-0.1, -0.05) is 18.2 Å². The molecule has 138 valence electrons. The molecule has 0 radical (unpaired) electrons. The highest BCUT2D eigenvalue weighted by Crippen LogP contribution is 2.22. The van der Waals surface area contributed by atoms with Crippen LogP contribution in [0.4, 0.5) is 0 Å². The van der Waals surface area contributed by atoms with Gasteiger partial charge >= 0.3 is 0 Å². The Morgan fingerprint density at radius 1 is 1.00 bits per heavy atom. The molecule has 0 bridgehead atoms. The maximum atomic E-state index is 12.8. The summed E-state index contributed by atoms with van der Waals surface area (Å²) in [6.07, 6.45) is 3.83. The number of hydrogen-bond donors (Lipinski definition) is 1. The third-order valence-corrected chi connectivity index (χ3v) is 5.29. The highest BCUT2D eigenvalue weighted by Gasteiger charge is 2.32. The highest BCUT2D eigenvalue weighted by atomic mass is 35.5. The minimum Gasteiger partial charge on any atom is -0.342 e. The van der Waals surface area contributed by atoms with Crippen molar-refractivity contribution < 1.29 is 9.59 Å². The van der Waals surface area contributed by atoms with E-state index in [0.29, 0.717) is 18.2 Å². The Morgan fingerprint density at radius 3 is 2.32 bits per heavy atom. The Kier molecular flexibility index (Phi) is 7.26. The molecule has 3 rings (SSSR count). The standard InChI is InChI=1S/C19H27N3O2.ClH/c1-20-17-9-12-21(13-10-17)19(24)16-8-5-11-22(14-16)18(23)15-6-3-2-4-7-15;/h2-4,6-7,16-17,20H,5,8-14H2,1H3;1H. The van der Waals surface area contributed by atoms with Gasteiger partial charge in [-0.15, -0.1) is 12.4 Å². The molecule has 1 N–H and O–H groups in total. The molecule has 0 aromatic heterocycles. The second-order valence-electron chi connectivity index (χ2n) is 6.84. The number of rotatable bonds is 3. The van der Waals surface area contributed by atoms with Crippen molar-refractivity contribution in [2.24, 2.45) is 5.92 Å². The fourth-order valence-electron chi connectivity index (χ4n) is 3.77. The van der Waals surface area contributed by atoms with Gasteiger partial charge in [-0.2, -0.15) is 0 Å². The van der Waals surface area contributed by atoms with Crippen LogP contribution in [0.15, 0.2) is 30.3 Å². The van der Waals surface area contributed by atoms with Crippen LogP contribution in [0.25, 0.3) is 0 Å². The molecular weight excluding hydrogens is 338 g/mol. The fourth-order valence-corrected chi connectivity index (χ4v) is 3.77. The zero-order valence-corrected chi connectivity index (χ0v) is 15.6. The van der Waals surface area contributed by atoms with Crippen LogP contribution in [0.5, 0.6) is 0 Å². The Labute approximate surface area is 156 Å². The molecule has 25 heavy (non-hydrogen) atoms. The number of benzene rings is 1. The molecule has 2 aliphatic rings. The molecule has 0 spiro atoms. The first-order chi connectivity index (χ1) is 11.7. The van der Waals surface area contributed by atoms with Gasteiger partial charge in [0, 0.05) is 37.8 Å². The molecule has 1 aromatic carbocycles. The van der Waals surface area contributed by atoms with Gasteiger partial charge < -0.3 is 15.1 Å². The van der Waals surface area contributed by atoms with Crippen molar-refractivity contribution >= 4 is 24.2 Å². The third-order valence-electron chi connectivity index (χ3n) is 5.29. The zero-order chi connectivity index (χ0) is 16.9. The van der Waals surface area contributed by atoms with E-state index in [4.69, 9.17) is 0 Å². The fraction of sp³-hybridized carbons (Fsp3) is 0.579. The highest BCUT2D eigenvalue weighted by molar-refractivity contribution is 5.94. The van der Waals surface area contributed by atoms with Gasteiger partial charge in [-0.25, -0.2) is 0 Å². The van der Waals surface area contributed by atoms with Gasteiger partial charge in [0.25, 0.3) is 5.91 Å². The Bertz CT molecular complexity index is 573. The van der Waals surface area contributed by atoms with Crippen LogP contribution in [-0.2, 0) is 4.79 Å². The smallest absolute Gasteiger partial charge is 0.253 e. The van der Waals surface area contributed by atoms with Crippen LogP contribution in [0.1, 0.15) is 36.0 Å². The van der Waals surface area contributed by atoms with Crippen molar-refractivity contribution in [3.05, 3.63) is 35.9 Å². The summed E-state index contributed by atoms with van der Waals surface area (Å²) in [7, 11) is 1.98. The molecule has 1 atom stereocenters. The third kappa shape index (κ3) is 4.73. The second kappa shape index (κ2) is 9.20. The van der Waals surface area contributed by atoms with Crippen LogP contribution < -0.4 is 5.32 Å². The molecule has 2 saturated heterocycles. The number of hydrogen-bond acceptors (Lipinski definition) is 3. The van der Waals surface area contributed by atoms with Crippen molar-refractivity contribution in [1.82, 2.24) is 15.1 Å². The maximum absolute atomic E-state index is 12.8. The lowest BCUT2D eigenvalue weighted by atomic mass is 9.94. The second-order valence-corrected chi connectivity index (χ2v) is 6.84. The first-order valence-electron chi connectivity index (χ1n) is 8.99. The first-order valence-corrected chi connectivity index (χ1v) is 8.99. The van der Waals surface area contributed by atoms with E-state index in [0.717, 1.165) is 45.3 Å². The van der Waals surface area contributed by atoms with Crippen molar-refractivity contribution in [2.45, 2.75) is 31.7 Å². The van der Waals surface area contributed by atoms with E-state index >= 15 is 0 Å². The van der Waals surface area contributed by atoms with E-state index in [1.807, 2.05) is 47.2 Å². The number of likely N-dealkylation sites (tertiary alicyclic amines) is 2. The zero-order valence-electron chi connectivity index (χ0n) is 14.8. The van der Waals surface area contributed by atoms with E-state index < -0.39 is 0 Å². The number of nitrogens with zero attached hydrogens (tertiary/aromatic N) is 2. The summed E-state index contributed by atoms with van der Waals surface area (Å²) in [5.41, 5.74) is 0.709. The Morgan fingerprint density at radius 2 is 1.68 bits per heavy atom. The Hall–Kier alpha value is -1.59. The number of halogens is 1. The molecule has 5 nitrogen and oxygen atoms in total. The molecule has 0 aliphatic carbocycles. The number of carbonyl (C=O) groups excluding carboxylic acids is 2. The van der Waals surface area contributed by atoms with Gasteiger partial charge in [-0.3, -0.25) is 9.59 Å². The summed E-state index contributed by atoms with van der Waals surface area (Å²) in [5, 5.41) is 3.29. The molecule has 2 fully saturated rings. The van der Waals surface area contributed by atoms with Crippen molar-refractivity contribution in [2.75, 3.05) is 33.2 Å². The van der Waals surface area contributed by atoms with Gasteiger partial charge in [-0.05, 0) is 44.9 Å². The molecule has 2 heterocycles. The van der Waals surface area contributed by atoms with Crippen molar-refractivity contribution in [3.63, 3.8) is 0 Å². The number of nitrogens with one attached hydrogen (secondary N) is 1. The van der Waals surface area contributed by atoms with E-state index in [1.54, 1.807) is 0 Å². The number of piperidine rings is 2. The van der Waals surface area contributed by atoms with Gasteiger partial charge in [0.1, 0.15) is 0 Å². The predicted molar refractivity (Wildman–Crippen MR) is 101 cm³/mol. The van der Waals surface area contributed by atoms with Crippen LogP contribution >= 0.6 is 12.4 Å². The molecule has 1 aromatic rings. The van der Waals surface area contributed by atoms with Gasteiger partial charge in [0.05, 0.1) is 5.92 Å². The summed E-state index contributed by atoms with van der Waals surface area (Å²) in [6.45, 7) is 2.96. The summed E-state index contributed by atoms with van der Waals surface area (Å²) in [5.74, 6) is 0.231. The predicted octanol–water partition coefficient (Wildman–Crippen LogP) is 2.17. The van der Waals surface area contributed by atoms with Crippen LogP contribution in [0.2, 0.25) is 0 Å². The van der Waals surface area contributed by atoms with Crippen LogP contribution in [0, 0.1) is 5.92 Å². The molecule has 1 unspecified atom stereocenters. The summed E-state index contributed by atoms with van der Waals surface area (Å²) < 4.78 is 0. The van der Waals surface area contributed by atoms with Crippen molar-refractivity contribution in [3.8, 4) is 0 Å². The molecule has 2 aliphatic heterocycles. The maximum Gasteiger partial charge on any atom is 0.253 e. The van der Waals surface area contributed by atoms with E-state index in [2.05, 4.69) is 5.32 Å². The monoisotopic (exact) mass is 365 g/mol. The van der Waals surface area contributed by atoms with Gasteiger partial charge in [0.2, 0.25) is 5.91 Å². The van der Waals surface area contributed by atoms with Gasteiger partial charge in [0.15, 0.2) is 0 Å². The van der Waals surface area contributed by atoms with Crippen LogP contribution in [0.3, 0.4) is 0 Å². The molecule has 6 heteroatoms. The Balaban J connectivity index is 0.00000225. The quantitative estimate of drug-likeness (QED) is 0.893. The van der Waals surface area contributed by atoms with E-state index in [9.17, 15) is 9.59 Å². The SMILES string of the molecule is CNC1CCN(C(=O)C2CCCN(C(=O)c3ccccc3)C2)CC1.Cl. The van der Waals surface area contributed by atoms with Crippen molar-refractivity contribution in [1.29, 1.82) is 0 Å². The lowest BCUT2D eigenvalue weighted by Crippen LogP contribution is -2.50. The summed E-state index contributed by atoms with van der Waals surface area (Å²) in [6, 6.07) is 9.88. The average molecular weight is 366 g/mol. The minimum absolute atomic E-state index is 0. The average Bonchev–Trinajstić information content (AvgIpc) is 2.67. The normalized spacial score (nSPS) is 21.6. The largest absolute Gasteiger partial charge is 0.342 e. The lowest BCUT2D eigenvalue weighted by molar-refractivity contribution is -0.138. The topological polar surface area (TPSA) is 52.7 Å². The van der Waals surface area contributed by atoms with E-state index in [1.165, 1.54) is 0 Å². The number of carbonyl (C=O) groups is 2. The number of amides is 2. The molecule has 2 amide bonds. The summed E-state index contributed by atoms with van der Waals surface area (Å²) >= 11 is 0. The lowest BCUT2D eigenvalue weighted by Gasteiger charge is -2.37. The molecular formula is C19H28ClN3O2. The van der Waals surface area contributed by atoms with Crippen LogP contribution in [-0.4, -0.2) is 60.9 Å².